The van der Waals surface area contributed by atoms with Crippen LogP contribution in [-0.2, 0) is 0 Å². The molecule has 9 aromatic rings. The van der Waals surface area contributed by atoms with Crippen LogP contribution >= 0.6 is 0 Å². The van der Waals surface area contributed by atoms with E-state index in [4.69, 9.17) is 18.8 Å². The van der Waals surface area contributed by atoms with Crippen LogP contribution in [0, 0.1) is 0 Å². The van der Waals surface area contributed by atoms with Crippen LogP contribution < -0.4 is 5.32 Å². The summed E-state index contributed by atoms with van der Waals surface area (Å²) >= 11 is 0. The van der Waals surface area contributed by atoms with E-state index in [2.05, 4.69) is 121 Å². The molecule has 0 spiro atoms. The van der Waals surface area contributed by atoms with Crippen LogP contribution in [0.15, 0.2) is 183 Å². The zero-order valence-corrected chi connectivity index (χ0v) is 26.9. The molecule has 1 unspecified atom stereocenters. The average molecular weight is 644 g/mol. The van der Waals surface area contributed by atoms with Crippen molar-refractivity contribution < 1.29 is 8.83 Å². The monoisotopic (exact) mass is 643 g/mol. The van der Waals surface area contributed by atoms with Gasteiger partial charge in [0, 0.05) is 43.8 Å². The fraction of sp³-hybridized carbons (Fsp3) is 0.0222. The summed E-state index contributed by atoms with van der Waals surface area (Å²) in [6.45, 7) is 0. The van der Waals surface area contributed by atoms with E-state index in [-0.39, 0.29) is 6.17 Å². The molecule has 0 radical (unpaired) electrons. The summed E-state index contributed by atoms with van der Waals surface area (Å²) in [4.78, 5) is 10.2. The van der Waals surface area contributed by atoms with Crippen LogP contribution in [0.5, 0.6) is 0 Å². The number of hydrogen-bond acceptors (Lipinski definition) is 5. The van der Waals surface area contributed by atoms with Gasteiger partial charge in [0.25, 0.3) is 0 Å². The quantitative estimate of drug-likeness (QED) is 0.203. The Morgan fingerprint density at radius 1 is 0.440 bits per heavy atom. The van der Waals surface area contributed by atoms with E-state index < -0.39 is 0 Å². The van der Waals surface area contributed by atoms with E-state index in [1.54, 1.807) is 0 Å². The van der Waals surface area contributed by atoms with Crippen molar-refractivity contribution in [3.63, 3.8) is 0 Å². The highest BCUT2D eigenvalue weighted by Crippen LogP contribution is 2.41. The largest absolute Gasteiger partial charge is 0.455 e. The van der Waals surface area contributed by atoms with E-state index in [1.165, 1.54) is 0 Å². The Kier molecular flexibility index (Phi) is 6.49. The highest BCUT2D eigenvalue weighted by atomic mass is 16.3. The third kappa shape index (κ3) is 4.71. The maximum absolute atomic E-state index is 6.61. The predicted octanol–water partition coefficient (Wildman–Crippen LogP) is 11.3. The number of aliphatic imine (C=N–C) groups is 2. The molecule has 3 heterocycles. The first-order chi connectivity index (χ1) is 24.8. The molecule has 0 saturated heterocycles. The van der Waals surface area contributed by atoms with Gasteiger partial charge in [0.15, 0.2) is 5.84 Å². The normalized spacial score (nSPS) is 14.6. The van der Waals surface area contributed by atoms with Crippen molar-refractivity contribution in [2.75, 3.05) is 0 Å². The van der Waals surface area contributed by atoms with Crippen LogP contribution in [0.3, 0.4) is 0 Å². The van der Waals surface area contributed by atoms with E-state index in [9.17, 15) is 0 Å². The fourth-order valence-corrected chi connectivity index (χ4v) is 7.12. The minimum atomic E-state index is -0.299. The lowest BCUT2D eigenvalue weighted by atomic mass is 9.99. The number of nitrogens with one attached hydrogen (secondary N) is 1. The zero-order chi connectivity index (χ0) is 33.0. The minimum Gasteiger partial charge on any atom is -0.455 e. The van der Waals surface area contributed by atoms with Crippen molar-refractivity contribution in [2.45, 2.75) is 6.17 Å². The van der Waals surface area contributed by atoms with Crippen molar-refractivity contribution in [3.05, 3.63) is 180 Å². The van der Waals surface area contributed by atoms with Crippen molar-refractivity contribution in [3.8, 4) is 22.3 Å². The molecule has 1 aliphatic heterocycles. The molecule has 1 aliphatic rings. The zero-order valence-electron chi connectivity index (χ0n) is 26.9. The van der Waals surface area contributed by atoms with Gasteiger partial charge in [-0.2, -0.15) is 0 Å². The van der Waals surface area contributed by atoms with E-state index in [0.717, 1.165) is 88.7 Å². The molecule has 0 saturated carbocycles. The van der Waals surface area contributed by atoms with Crippen molar-refractivity contribution in [2.24, 2.45) is 9.98 Å². The highest BCUT2D eigenvalue weighted by Gasteiger charge is 2.23. The molecule has 50 heavy (non-hydrogen) atoms. The van der Waals surface area contributed by atoms with Gasteiger partial charge in [-0.15, -0.1) is 0 Å². The Labute approximate surface area is 287 Å². The molecule has 1 atom stereocenters. The summed E-state index contributed by atoms with van der Waals surface area (Å²) in [5.41, 5.74) is 10.6. The topological polar surface area (TPSA) is 63.0 Å². The second kappa shape index (κ2) is 11.5. The van der Waals surface area contributed by atoms with Gasteiger partial charge in [-0.3, -0.25) is 0 Å². The smallest absolute Gasteiger partial charge is 0.159 e. The van der Waals surface area contributed by atoms with E-state index in [0.29, 0.717) is 5.84 Å². The molecule has 7 aromatic carbocycles. The number of para-hydroxylation sites is 3. The number of amidine groups is 2. The summed E-state index contributed by atoms with van der Waals surface area (Å²) in [5, 5.41) is 7.88. The summed E-state index contributed by atoms with van der Waals surface area (Å²) in [5.74, 6) is 1.44. The minimum absolute atomic E-state index is 0.299. The molecule has 236 valence electrons. The van der Waals surface area contributed by atoms with E-state index in [1.807, 2.05) is 48.5 Å². The van der Waals surface area contributed by atoms with Gasteiger partial charge in [0.1, 0.15) is 34.3 Å². The number of hydrogen-bond donors (Lipinski definition) is 1. The Morgan fingerprint density at radius 2 is 1.04 bits per heavy atom. The first-order valence-electron chi connectivity index (χ1n) is 16.8. The molecule has 2 aromatic heterocycles. The molecule has 5 nitrogen and oxygen atoms in total. The molecule has 0 bridgehead atoms. The van der Waals surface area contributed by atoms with Crippen molar-refractivity contribution >= 4 is 55.5 Å². The van der Waals surface area contributed by atoms with Gasteiger partial charge in [0.2, 0.25) is 0 Å². The maximum Gasteiger partial charge on any atom is 0.159 e. The maximum atomic E-state index is 6.61. The van der Waals surface area contributed by atoms with Crippen LogP contribution in [0.25, 0.3) is 66.1 Å². The summed E-state index contributed by atoms with van der Waals surface area (Å²) in [7, 11) is 0. The molecule has 10 rings (SSSR count). The second-order valence-electron chi connectivity index (χ2n) is 12.6. The standard InChI is InChI=1S/C45H29N3O2/c1-3-12-28(13-4-1)30-16-9-17-31(26-30)44-46-43(29-14-5-2-6-15-29)47-45(48-44)32-24-25-40-38(27-32)37-22-11-21-36(42(37)50-40)35-20-10-19-34-33-18-7-8-23-39(33)49-41(34)35/h1-27,43H,(H,46,47,48). The van der Waals surface area contributed by atoms with Crippen LogP contribution in [-0.4, -0.2) is 11.7 Å². The molecular weight excluding hydrogens is 615 g/mol. The lowest BCUT2D eigenvalue weighted by molar-refractivity contribution is 0.665. The Hall–Kier alpha value is -6.72. The van der Waals surface area contributed by atoms with Crippen LogP contribution in [0.2, 0.25) is 0 Å². The lowest BCUT2D eigenvalue weighted by Crippen LogP contribution is -2.33. The van der Waals surface area contributed by atoms with Crippen LogP contribution in [0.4, 0.5) is 0 Å². The summed E-state index contributed by atoms with van der Waals surface area (Å²) < 4.78 is 13.0. The Bertz CT molecular complexity index is 2790. The molecule has 5 heteroatoms. The molecule has 1 N–H and O–H groups in total. The Balaban J connectivity index is 1.10. The SMILES string of the molecule is c1ccc(-c2cccc(C3=NC(c4ccccc4)NC(c4ccc5oc6c(-c7cccc8c7oc7ccccc78)cccc6c5c4)=N3)c2)cc1. The first-order valence-corrected chi connectivity index (χ1v) is 16.8. The van der Waals surface area contributed by atoms with Gasteiger partial charge in [-0.1, -0.05) is 133 Å². The molecule has 0 amide bonds. The molecule has 0 fully saturated rings. The number of fused-ring (bicyclic) bond motifs is 6. The average Bonchev–Trinajstić information content (AvgIpc) is 3.77. The van der Waals surface area contributed by atoms with Crippen LogP contribution in [0.1, 0.15) is 22.9 Å². The number of nitrogens with zero attached hydrogens (tertiary/aromatic N) is 2. The number of furan rings is 2. The summed E-state index contributed by atoms with van der Waals surface area (Å²) in [6, 6.07) is 56.2. The predicted molar refractivity (Wildman–Crippen MR) is 204 cm³/mol. The fourth-order valence-electron chi connectivity index (χ4n) is 7.12. The van der Waals surface area contributed by atoms with Gasteiger partial charge in [-0.25, -0.2) is 9.98 Å². The Morgan fingerprint density at radius 3 is 1.82 bits per heavy atom. The third-order valence-electron chi connectivity index (χ3n) is 9.55. The van der Waals surface area contributed by atoms with Crippen molar-refractivity contribution in [1.29, 1.82) is 0 Å². The van der Waals surface area contributed by atoms with Gasteiger partial charge in [0.05, 0.1) is 0 Å². The molecular formula is C45H29N3O2. The summed E-state index contributed by atoms with van der Waals surface area (Å²) in [6.07, 6.45) is -0.299. The number of rotatable bonds is 5. The van der Waals surface area contributed by atoms with Crippen molar-refractivity contribution in [1.82, 2.24) is 5.32 Å². The molecule has 0 aliphatic carbocycles. The lowest BCUT2D eigenvalue weighted by Gasteiger charge is -2.23. The first kappa shape index (κ1) is 28.3. The van der Waals surface area contributed by atoms with Gasteiger partial charge in [-0.05, 0) is 47.0 Å². The van der Waals surface area contributed by atoms with Gasteiger partial charge >= 0.3 is 0 Å². The number of benzene rings is 7. The highest BCUT2D eigenvalue weighted by molar-refractivity contribution is 6.18. The third-order valence-corrected chi connectivity index (χ3v) is 9.55. The second-order valence-corrected chi connectivity index (χ2v) is 12.6. The van der Waals surface area contributed by atoms with Gasteiger partial charge < -0.3 is 14.2 Å². The van der Waals surface area contributed by atoms with E-state index >= 15 is 0 Å².